The molecule has 38 heavy (non-hydrogen) atoms. The van der Waals surface area contributed by atoms with Gasteiger partial charge in [-0.15, -0.1) is 0 Å². The molecule has 11 nitrogen and oxygen atoms in total. The Kier molecular flexibility index (Phi) is 7.65. The minimum atomic E-state index is -4.50. The van der Waals surface area contributed by atoms with Gasteiger partial charge in [-0.25, -0.2) is 18.0 Å². The highest BCUT2D eigenvalue weighted by Crippen LogP contribution is 2.41. The zero-order valence-electron chi connectivity index (χ0n) is 21.1. The standard InChI is InChI=1S/C26H27N3O8S/c1-4-36-25(30)20-14-15-22(23-16-17-8-6-7-9-21(17)27(23)3)28(24(20)26(31)37-5-2)38(34,35)19-12-10-18(11-13-19)29(32)33/h6-14,16,22,24H,4-5,15H2,1-3H3/t22-,24?/m0/s1. The third kappa shape index (κ3) is 4.79. The van der Waals surface area contributed by atoms with Crippen LogP contribution in [0.1, 0.15) is 32.0 Å². The van der Waals surface area contributed by atoms with Crippen LogP contribution in [-0.2, 0) is 36.1 Å². The number of para-hydroxylation sites is 1. The van der Waals surface area contributed by atoms with Crippen molar-refractivity contribution in [2.24, 2.45) is 7.05 Å². The number of ether oxygens (including phenoxy) is 2. The summed E-state index contributed by atoms with van der Waals surface area (Å²) in [5, 5.41) is 12.0. The van der Waals surface area contributed by atoms with Crippen LogP contribution in [-0.4, -0.2) is 53.4 Å². The Morgan fingerprint density at radius 3 is 2.32 bits per heavy atom. The van der Waals surface area contributed by atoms with Crippen molar-refractivity contribution in [3.63, 3.8) is 0 Å². The topological polar surface area (TPSA) is 138 Å². The van der Waals surface area contributed by atoms with Crippen molar-refractivity contribution in [2.45, 2.75) is 37.2 Å². The summed E-state index contributed by atoms with van der Waals surface area (Å²) in [7, 11) is -2.71. The Labute approximate surface area is 219 Å². The number of nitrogens with zero attached hydrogens (tertiary/aromatic N) is 3. The third-order valence-corrected chi connectivity index (χ3v) is 8.28. The predicted molar refractivity (Wildman–Crippen MR) is 138 cm³/mol. The van der Waals surface area contributed by atoms with Gasteiger partial charge < -0.3 is 14.0 Å². The van der Waals surface area contributed by atoms with Crippen molar-refractivity contribution in [3.05, 3.63) is 82.1 Å². The number of hydrogen-bond acceptors (Lipinski definition) is 8. The van der Waals surface area contributed by atoms with Crippen molar-refractivity contribution in [1.82, 2.24) is 8.87 Å². The lowest BCUT2D eigenvalue weighted by molar-refractivity contribution is -0.384. The average Bonchev–Trinajstić information content (AvgIpc) is 3.24. The molecule has 0 bridgehead atoms. The second-order valence-corrected chi connectivity index (χ2v) is 10.4. The van der Waals surface area contributed by atoms with E-state index in [4.69, 9.17) is 9.47 Å². The monoisotopic (exact) mass is 541 g/mol. The second kappa shape index (κ2) is 10.8. The van der Waals surface area contributed by atoms with E-state index in [1.165, 1.54) is 6.08 Å². The number of aryl methyl sites for hydroxylation is 1. The maximum Gasteiger partial charge on any atom is 0.335 e. The van der Waals surface area contributed by atoms with E-state index in [0.717, 1.165) is 39.5 Å². The molecule has 2 atom stereocenters. The molecule has 1 aliphatic heterocycles. The number of sulfonamides is 1. The SMILES string of the molecule is CCOC(=O)C1=CC[C@@H](c2cc3ccccc3n2C)N(S(=O)(=O)c2ccc([N+](=O)[O-])cc2)C1C(=O)OCC. The highest BCUT2D eigenvalue weighted by atomic mass is 32.2. The smallest absolute Gasteiger partial charge is 0.335 e. The second-order valence-electron chi connectivity index (χ2n) is 8.56. The molecule has 1 aromatic heterocycles. The van der Waals surface area contributed by atoms with Crippen LogP contribution in [0.5, 0.6) is 0 Å². The van der Waals surface area contributed by atoms with Gasteiger partial charge in [0.25, 0.3) is 5.69 Å². The Bertz CT molecular complexity index is 1530. The van der Waals surface area contributed by atoms with E-state index in [1.54, 1.807) is 20.9 Å². The van der Waals surface area contributed by atoms with Gasteiger partial charge in [0, 0.05) is 30.4 Å². The Morgan fingerprint density at radius 1 is 1.05 bits per heavy atom. The van der Waals surface area contributed by atoms with Gasteiger partial charge in [-0.05, 0) is 49.9 Å². The summed E-state index contributed by atoms with van der Waals surface area (Å²) in [5.74, 6) is -1.76. The zero-order valence-corrected chi connectivity index (χ0v) is 21.9. The Hall–Kier alpha value is -4.03. The molecule has 0 radical (unpaired) electrons. The van der Waals surface area contributed by atoms with E-state index in [1.807, 2.05) is 34.9 Å². The molecule has 0 amide bonds. The Balaban J connectivity index is 1.95. The molecule has 0 saturated carbocycles. The summed E-state index contributed by atoms with van der Waals surface area (Å²) in [6.07, 6.45) is 1.59. The van der Waals surface area contributed by atoms with Crippen LogP contribution in [0.2, 0.25) is 0 Å². The number of rotatable bonds is 8. The number of benzene rings is 2. The van der Waals surface area contributed by atoms with Crippen LogP contribution in [0.3, 0.4) is 0 Å². The Morgan fingerprint density at radius 2 is 1.71 bits per heavy atom. The summed E-state index contributed by atoms with van der Waals surface area (Å²) in [5.41, 5.74) is 1.00. The molecule has 3 aromatic rings. The minimum Gasteiger partial charge on any atom is -0.465 e. The molecule has 0 aliphatic carbocycles. The summed E-state index contributed by atoms with van der Waals surface area (Å²) in [6, 6.07) is 11.2. The van der Waals surface area contributed by atoms with Crippen molar-refractivity contribution in [2.75, 3.05) is 13.2 Å². The molecule has 0 spiro atoms. The van der Waals surface area contributed by atoms with Crippen LogP contribution in [0.15, 0.2) is 71.1 Å². The fourth-order valence-corrected chi connectivity index (χ4v) is 6.41. The lowest BCUT2D eigenvalue weighted by Gasteiger charge is -2.39. The van der Waals surface area contributed by atoms with Gasteiger partial charge in [0.1, 0.15) is 0 Å². The van der Waals surface area contributed by atoms with Crippen molar-refractivity contribution < 1.29 is 32.4 Å². The summed E-state index contributed by atoms with van der Waals surface area (Å²) < 4.78 is 41.5. The van der Waals surface area contributed by atoms with E-state index < -0.39 is 39.0 Å². The van der Waals surface area contributed by atoms with Crippen molar-refractivity contribution in [3.8, 4) is 0 Å². The summed E-state index contributed by atoms with van der Waals surface area (Å²) in [4.78, 5) is 36.4. The third-order valence-electron chi connectivity index (χ3n) is 6.39. The number of carbonyl (C=O) groups excluding carboxylic acids is 2. The molecule has 0 fully saturated rings. The molecule has 2 heterocycles. The van der Waals surface area contributed by atoms with Gasteiger partial charge in [0.15, 0.2) is 6.04 Å². The fraction of sp³-hybridized carbons (Fsp3) is 0.308. The number of fused-ring (bicyclic) bond motifs is 1. The maximum absolute atomic E-state index is 14.2. The largest absolute Gasteiger partial charge is 0.465 e. The molecule has 1 unspecified atom stereocenters. The minimum absolute atomic E-state index is 0.0213. The molecule has 4 rings (SSSR count). The van der Waals surface area contributed by atoms with Crippen LogP contribution in [0.4, 0.5) is 5.69 Å². The van der Waals surface area contributed by atoms with E-state index in [2.05, 4.69) is 0 Å². The quantitative estimate of drug-likeness (QED) is 0.239. The molecular formula is C26H27N3O8S. The first-order chi connectivity index (χ1) is 18.1. The number of esters is 2. The molecule has 1 aliphatic rings. The van der Waals surface area contributed by atoms with Crippen molar-refractivity contribution >= 4 is 38.6 Å². The number of hydrogen-bond donors (Lipinski definition) is 0. The van der Waals surface area contributed by atoms with Gasteiger partial charge in [-0.3, -0.25) is 10.1 Å². The van der Waals surface area contributed by atoms with E-state index in [0.29, 0.717) is 5.69 Å². The first-order valence-corrected chi connectivity index (χ1v) is 13.4. The highest BCUT2D eigenvalue weighted by molar-refractivity contribution is 7.89. The molecule has 2 aromatic carbocycles. The summed E-state index contributed by atoms with van der Waals surface area (Å²) in [6.45, 7) is 3.15. The number of nitro benzene ring substituents is 1. The van der Waals surface area contributed by atoms with E-state index >= 15 is 0 Å². The van der Waals surface area contributed by atoms with Crippen molar-refractivity contribution in [1.29, 1.82) is 0 Å². The number of nitro groups is 1. The first-order valence-electron chi connectivity index (χ1n) is 12.0. The fourth-order valence-electron chi connectivity index (χ4n) is 4.68. The predicted octanol–water partition coefficient (Wildman–Crippen LogP) is 3.64. The van der Waals surface area contributed by atoms with E-state index in [9.17, 15) is 28.1 Å². The van der Waals surface area contributed by atoms with Crippen LogP contribution < -0.4 is 0 Å². The maximum atomic E-state index is 14.2. The molecule has 200 valence electrons. The average molecular weight is 542 g/mol. The summed E-state index contributed by atoms with van der Waals surface area (Å²) >= 11 is 0. The highest BCUT2D eigenvalue weighted by Gasteiger charge is 2.49. The van der Waals surface area contributed by atoms with Gasteiger partial charge in [0.2, 0.25) is 10.0 Å². The van der Waals surface area contributed by atoms with Gasteiger partial charge in [-0.2, -0.15) is 4.31 Å². The lowest BCUT2D eigenvalue weighted by atomic mass is 9.95. The van der Waals surface area contributed by atoms with E-state index in [-0.39, 0.29) is 35.8 Å². The number of non-ortho nitro benzene ring substituents is 1. The molecule has 0 saturated heterocycles. The van der Waals surface area contributed by atoms with Gasteiger partial charge in [0.05, 0.1) is 34.6 Å². The number of aromatic nitrogens is 1. The van der Waals surface area contributed by atoms with Gasteiger partial charge >= 0.3 is 11.9 Å². The molecule has 12 heteroatoms. The zero-order chi connectivity index (χ0) is 27.6. The first kappa shape index (κ1) is 27.0. The van der Waals surface area contributed by atoms with Gasteiger partial charge in [-0.1, -0.05) is 24.3 Å². The van der Waals surface area contributed by atoms with Crippen LogP contribution in [0, 0.1) is 10.1 Å². The molecule has 0 N–H and O–H groups in total. The van der Waals surface area contributed by atoms with Crippen LogP contribution >= 0.6 is 0 Å². The lowest BCUT2D eigenvalue weighted by Crippen LogP contribution is -2.52. The molecular weight excluding hydrogens is 514 g/mol. The number of carbonyl (C=O) groups is 2. The van der Waals surface area contributed by atoms with Crippen LogP contribution in [0.25, 0.3) is 10.9 Å². The normalized spacial score (nSPS) is 18.1.